The SMILES string of the molecule is C1COC(OCCOC2OCCCO2)OC1. The van der Waals surface area contributed by atoms with Gasteiger partial charge in [-0.2, -0.15) is 0 Å². The van der Waals surface area contributed by atoms with Crippen LogP contribution in [0.5, 0.6) is 0 Å². The largest absolute Gasteiger partial charge is 0.330 e. The van der Waals surface area contributed by atoms with Crippen LogP contribution in [0.3, 0.4) is 0 Å². The van der Waals surface area contributed by atoms with Gasteiger partial charge in [0, 0.05) is 0 Å². The molecule has 0 amide bonds. The van der Waals surface area contributed by atoms with Crippen LogP contribution in [0, 0.1) is 0 Å². The second kappa shape index (κ2) is 7.16. The fraction of sp³-hybridized carbons (Fsp3) is 1.00. The van der Waals surface area contributed by atoms with E-state index in [1.54, 1.807) is 0 Å². The number of hydrogen-bond acceptors (Lipinski definition) is 6. The van der Waals surface area contributed by atoms with Crippen molar-refractivity contribution in [2.45, 2.75) is 25.8 Å². The van der Waals surface area contributed by atoms with Gasteiger partial charge in [0.15, 0.2) is 0 Å². The molecule has 0 unspecified atom stereocenters. The van der Waals surface area contributed by atoms with E-state index in [2.05, 4.69) is 0 Å². The first-order valence-corrected chi connectivity index (χ1v) is 5.65. The number of ether oxygens (including phenoxy) is 6. The monoisotopic (exact) mass is 234 g/mol. The summed E-state index contributed by atoms with van der Waals surface area (Å²) in [5.74, 6) is 0. The smallest absolute Gasteiger partial charge is 0.271 e. The molecular formula is C10H18O6. The van der Waals surface area contributed by atoms with E-state index in [1.807, 2.05) is 0 Å². The highest BCUT2D eigenvalue weighted by molar-refractivity contribution is 4.43. The molecule has 0 radical (unpaired) electrons. The lowest BCUT2D eigenvalue weighted by Gasteiger charge is -2.25. The van der Waals surface area contributed by atoms with E-state index in [0.29, 0.717) is 39.6 Å². The average molecular weight is 234 g/mol. The third-order valence-electron chi connectivity index (χ3n) is 2.18. The Labute approximate surface area is 94.7 Å². The molecule has 0 bridgehead atoms. The number of hydrogen-bond donors (Lipinski definition) is 0. The van der Waals surface area contributed by atoms with Crippen molar-refractivity contribution in [2.75, 3.05) is 39.6 Å². The molecule has 0 aromatic carbocycles. The molecule has 0 saturated carbocycles. The van der Waals surface area contributed by atoms with Crippen LogP contribution in [-0.4, -0.2) is 52.6 Å². The molecule has 0 aromatic heterocycles. The summed E-state index contributed by atoms with van der Waals surface area (Å²) in [6, 6.07) is 0. The summed E-state index contributed by atoms with van der Waals surface area (Å²) >= 11 is 0. The number of rotatable bonds is 5. The molecule has 2 heterocycles. The summed E-state index contributed by atoms with van der Waals surface area (Å²) in [4.78, 5) is 0. The van der Waals surface area contributed by atoms with E-state index in [4.69, 9.17) is 28.4 Å². The van der Waals surface area contributed by atoms with Crippen molar-refractivity contribution >= 4 is 0 Å². The van der Waals surface area contributed by atoms with Crippen molar-refractivity contribution in [1.29, 1.82) is 0 Å². The van der Waals surface area contributed by atoms with E-state index >= 15 is 0 Å². The zero-order chi connectivity index (χ0) is 11.1. The predicted octanol–water partition coefficient (Wildman–Crippen LogP) is 0.461. The molecule has 0 atom stereocenters. The van der Waals surface area contributed by atoms with Crippen LogP contribution in [0.25, 0.3) is 0 Å². The molecule has 0 aromatic rings. The maximum absolute atomic E-state index is 5.29. The van der Waals surface area contributed by atoms with Gasteiger partial charge in [-0.1, -0.05) is 0 Å². The summed E-state index contributed by atoms with van der Waals surface area (Å²) < 4.78 is 31.4. The van der Waals surface area contributed by atoms with E-state index in [9.17, 15) is 0 Å². The highest BCUT2D eigenvalue weighted by Crippen LogP contribution is 2.08. The van der Waals surface area contributed by atoms with Gasteiger partial charge in [-0.05, 0) is 12.8 Å². The van der Waals surface area contributed by atoms with Crippen molar-refractivity contribution in [1.82, 2.24) is 0 Å². The molecular weight excluding hydrogens is 216 g/mol. The fourth-order valence-electron chi connectivity index (χ4n) is 1.41. The first kappa shape index (κ1) is 12.2. The summed E-state index contributed by atoms with van der Waals surface area (Å²) in [6.45, 7) is 2.42. The second-order valence-electron chi connectivity index (χ2n) is 3.51. The van der Waals surface area contributed by atoms with Gasteiger partial charge >= 0.3 is 0 Å². The van der Waals surface area contributed by atoms with Gasteiger partial charge in [-0.15, -0.1) is 0 Å². The Bertz CT molecular complexity index is 156. The minimum Gasteiger partial charge on any atom is -0.330 e. The van der Waals surface area contributed by atoms with Crippen LogP contribution in [0.2, 0.25) is 0 Å². The Morgan fingerprint density at radius 1 is 0.688 bits per heavy atom. The Kier molecular flexibility index (Phi) is 5.47. The molecule has 2 saturated heterocycles. The van der Waals surface area contributed by atoms with Crippen molar-refractivity contribution < 1.29 is 28.4 Å². The maximum Gasteiger partial charge on any atom is 0.271 e. The van der Waals surface area contributed by atoms with Crippen LogP contribution in [0.15, 0.2) is 0 Å². The Balaban J connectivity index is 1.47. The lowest BCUT2D eigenvalue weighted by Crippen LogP contribution is -2.31. The van der Waals surface area contributed by atoms with Crippen LogP contribution in [0.4, 0.5) is 0 Å². The van der Waals surface area contributed by atoms with E-state index in [-0.39, 0.29) is 0 Å². The molecule has 0 N–H and O–H groups in total. The summed E-state index contributed by atoms with van der Waals surface area (Å²) in [7, 11) is 0. The maximum atomic E-state index is 5.29. The lowest BCUT2D eigenvalue weighted by atomic mass is 10.5. The van der Waals surface area contributed by atoms with Crippen molar-refractivity contribution in [2.24, 2.45) is 0 Å². The zero-order valence-corrected chi connectivity index (χ0v) is 9.26. The van der Waals surface area contributed by atoms with E-state index in [1.165, 1.54) is 0 Å². The van der Waals surface area contributed by atoms with Gasteiger partial charge in [0.2, 0.25) is 0 Å². The molecule has 2 aliphatic rings. The summed E-state index contributed by atoms with van der Waals surface area (Å²) in [5.41, 5.74) is 0. The fourth-order valence-corrected chi connectivity index (χ4v) is 1.41. The molecule has 0 spiro atoms. The lowest BCUT2D eigenvalue weighted by molar-refractivity contribution is -0.333. The van der Waals surface area contributed by atoms with Crippen molar-refractivity contribution in [3.05, 3.63) is 0 Å². The Morgan fingerprint density at radius 2 is 1.06 bits per heavy atom. The average Bonchev–Trinajstić information content (AvgIpc) is 2.37. The van der Waals surface area contributed by atoms with Gasteiger partial charge in [0.1, 0.15) is 0 Å². The third kappa shape index (κ3) is 4.32. The van der Waals surface area contributed by atoms with Crippen molar-refractivity contribution in [3.8, 4) is 0 Å². The molecule has 6 heteroatoms. The van der Waals surface area contributed by atoms with E-state index in [0.717, 1.165) is 12.8 Å². The molecule has 16 heavy (non-hydrogen) atoms. The third-order valence-corrected chi connectivity index (χ3v) is 2.18. The highest BCUT2D eigenvalue weighted by Gasteiger charge is 2.16. The first-order valence-electron chi connectivity index (χ1n) is 5.65. The minimum atomic E-state index is -0.550. The quantitative estimate of drug-likeness (QED) is 0.644. The Hall–Kier alpha value is -0.240. The van der Waals surface area contributed by atoms with Gasteiger partial charge < -0.3 is 28.4 Å². The van der Waals surface area contributed by atoms with Gasteiger partial charge in [-0.3, -0.25) is 0 Å². The topological polar surface area (TPSA) is 55.4 Å². The minimum absolute atomic E-state index is 0.397. The van der Waals surface area contributed by atoms with Gasteiger partial charge in [0.25, 0.3) is 13.0 Å². The molecule has 2 aliphatic heterocycles. The molecule has 2 fully saturated rings. The molecule has 94 valence electrons. The zero-order valence-electron chi connectivity index (χ0n) is 9.26. The normalized spacial score (nSPS) is 24.8. The standard InChI is InChI=1S/C10H18O6/c1-3-11-9(12-4-1)15-7-8-16-10-13-5-2-6-14-10/h9-10H,1-8H2. The second-order valence-corrected chi connectivity index (χ2v) is 3.51. The van der Waals surface area contributed by atoms with E-state index < -0.39 is 13.0 Å². The van der Waals surface area contributed by atoms with Gasteiger partial charge in [0.05, 0.1) is 39.6 Å². The molecule has 6 nitrogen and oxygen atoms in total. The molecule has 2 rings (SSSR count). The first-order chi connectivity index (χ1) is 7.95. The van der Waals surface area contributed by atoms with Crippen LogP contribution < -0.4 is 0 Å². The predicted molar refractivity (Wildman–Crippen MR) is 52.5 cm³/mol. The van der Waals surface area contributed by atoms with Gasteiger partial charge in [-0.25, -0.2) is 0 Å². The summed E-state index contributed by atoms with van der Waals surface area (Å²) in [5, 5.41) is 0. The highest BCUT2D eigenvalue weighted by atomic mass is 16.9. The Morgan fingerprint density at radius 3 is 1.44 bits per heavy atom. The van der Waals surface area contributed by atoms with Crippen LogP contribution in [-0.2, 0) is 28.4 Å². The molecule has 0 aliphatic carbocycles. The summed E-state index contributed by atoms with van der Waals surface area (Å²) in [6.07, 6.45) is 1.83. The van der Waals surface area contributed by atoms with Crippen LogP contribution in [0.1, 0.15) is 12.8 Å². The van der Waals surface area contributed by atoms with Crippen LogP contribution >= 0.6 is 0 Å². The van der Waals surface area contributed by atoms with Crippen molar-refractivity contribution in [3.63, 3.8) is 0 Å².